The van der Waals surface area contributed by atoms with Crippen molar-refractivity contribution in [3.63, 3.8) is 0 Å². The van der Waals surface area contributed by atoms with E-state index in [1.165, 1.54) is 31.4 Å². The van der Waals surface area contributed by atoms with Crippen LogP contribution in [0.5, 0.6) is 0 Å². The van der Waals surface area contributed by atoms with Crippen LogP contribution in [0.1, 0.15) is 41.6 Å². The number of rotatable bonds is 5. The molecule has 0 saturated carbocycles. The Labute approximate surface area is 167 Å². The van der Waals surface area contributed by atoms with Crippen molar-refractivity contribution < 1.29 is 13.2 Å². The zero-order chi connectivity index (χ0) is 20.1. The summed E-state index contributed by atoms with van der Waals surface area (Å²) in [6.45, 7) is 3.94. The first kappa shape index (κ1) is 20.2. The quantitative estimate of drug-likeness (QED) is 0.794. The molecule has 0 atom stereocenters. The third-order valence-electron chi connectivity index (χ3n) is 4.89. The Hall–Kier alpha value is -2.54. The summed E-state index contributed by atoms with van der Waals surface area (Å²) >= 11 is 0. The number of hydrogen-bond acceptors (Lipinski definition) is 4. The van der Waals surface area contributed by atoms with Crippen molar-refractivity contribution in [3.8, 4) is 0 Å². The molecular weight excluding hydrogens is 374 g/mol. The van der Waals surface area contributed by atoms with Gasteiger partial charge in [-0.05, 0) is 61.7 Å². The monoisotopic (exact) mass is 401 g/mol. The van der Waals surface area contributed by atoms with Crippen LogP contribution in [0.2, 0.25) is 0 Å². The molecule has 1 heterocycles. The lowest BCUT2D eigenvalue weighted by Gasteiger charge is -2.22. The van der Waals surface area contributed by atoms with Gasteiger partial charge in [-0.1, -0.05) is 18.9 Å². The van der Waals surface area contributed by atoms with E-state index in [1.807, 2.05) is 24.3 Å². The number of nitrogens with zero attached hydrogens (tertiary/aromatic N) is 1. The number of anilines is 3. The molecule has 150 valence electrons. The molecule has 2 N–H and O–H groups in total. The van der Waals surface area contributed by atoms with E-state index in [9.17, 15) is 13.2 Å². The molecule has 1 amide bonds. The van der Waals surface area contributed by atoms with E-state index in [4.69, 9.17) is 0 Å². The van der Waals surface area contributed by atoms with Crippen LogP contribution >= 0.6 is 0 Å². The Kier molecular flexibility index (Phi) is 6.24. The lowest BCUT2D eigenvalue weighted by atomic mass is 10.1. The maximum atomic E-state index is 12.6. The summed E-state index contributed by atoms with van der Waals surface area (Å²) in [7, 11) is -3.41. The highest BCUT2D eigenvalue weighted by Gasteiger charge is 2.13. The SMILES string of the molecule is Cc1ccc(C(=O)Nc2ccc(N3CCCCCC3)cc2)cc1NS(C)(=O)=O. The van der Waals surface area contributed by atoms with Gasteiger partial charge in [-0.15, -0.1) is 0 Å². The number of carbonyl (C=O) groups is 1. The van der Waals surface area contributed by atoms with Crippen molar-refractivity contribution in [1.29, 1.82) is 0 Å². The predicted molar refractivity (Wildman–Crippen MR) is 115 cm³/mol. The minimum absolute atomic E-state index is 0.279. The molecule has 3 rings (SSSR count). The van der Waals surface area contributed by atoms with E-state index in [2.05, 4.69) is 14.9 Å². The van der Waals surface area contributed by atoms with E-state index in [1.54, 1.807) is 25.1 Å². The summed E-state index contributed by atoms with van der Waals surface area (Å²) in [4.78, 5) is 15.0. The van der Waals surface area contributed by atoms with Gasteiger partial charge in [-0.3, -0.25) is 9.52 Å². The Balaban J connectivity index is 1.70. The Morgan fingerprint density at radius 3 is 2.21 bits per heavy atom. The van der Waals surface area contributed by atoms with Gasteiger partial charge in [0.25, 0.3) is 5.91 Å². The van der Waals surface area contributed by atoms with E-state index >= 15 is 0 Å². The molecule has 1 saturated heterocycles. The normalized spacial score (nSPS) is 15.0. The summed E-state index contributed by atoms with van der Waals surface area (Å²) in [5, 5.41) is 2.88. The molecule has 1 fully saturated rings. The minimum Gasteiger partial charge on any atom is -0.372 e. The van der Waals surface area contributed by atoms with Crippen molar-refractivity contribution in [2.24, 2.45) is 0 Å². The number of sulfonamides is 1. The second kappa shape index (κ2) is 8.65. The van der Waals surface area contributed by atoms with Crippen LogP contribution in [-0.2, 0) is 10.0 Å². The summed E-state index contributed by atoms with van der Waals surface area (Å²) in [5.74, 6) is -0.279. The Bertz CT molecular complexity index is 932. The molecule has 0 bridgehead atoms. The molecule has 1 aliphatic heterocycles. The third kappa shape index (κ3) is 5.48. The lowest BCUT2D eigenvalue weighted by Crippen LogP contribution is -2.23. The van der Waals surface area contributed by atoms with Gasteiger partial charge in [0.05, 0.1) is 11.9 Å². The van der Waals surface area contributed by atoms with Crippen LogP contribution in [0.4, 0.5) is 17.1 Å². The Morgan fingerprint density at radius 2 is 1.61 bits per heavy atom. The summed E-state index contributed by atoms with van der Waals surface area (Å²) in [6.07, 6.45) is 6.10. The molecule has 0 aliphatic carbocycles. The highest BCUT2D eigenvalue weighted by Crippen LogP contribution is 2.23. The molecule has 1 aliphatic rings. The maximum Gasteiger partial charge on any atom is 0.255 e. The number of hydrogen-bond donors (Lipinski definition) is 2. The van der Waals surface area contributed by atoms with Crippen LogP contribution in [0, 0.1) is 6.92 Å². The first-order valence-electron chi connectivity index (χ1n) is 9.57. The van der Waals surface area contributed by atoms with Crippen LogP contribution in [-0.4, -0.2) is 33.7 Å². The van der Waals surface area contributed by atoms with Gasteiger partial charge in [0.15, 0.2) is 0 Å². The Morgan fingerprint density at radius 1 is 0.964 bits per heavy atom. The van der Waals surface area contributed by atoms with Gasteiger partial charge in [-0.25, -0.2) is 8.42 Å². The van der Waals surface area contributed by atoms with Crippen molar-refractivity contribution in [2.75, 3.05) is 34.3 Å². The average Bonchev–Trinajstić information content (AvgIpc) is 2.92. The molecule has 28 heavy (non-hydrogen) atoms. The second-order valence-electron chi connectivity index (χ2n) is 7.31. The van der Waals surface area contributed by atoms with Gasteiger partial charge in [0.2, 0.25) is 10.0 Å². The number of aryl methyl sites for hydroxylation is 1. The van der Waals surface area contributed by atoms with Crippen LogP contribution in [0.15, 0.2) is 42.5 Å². The van der Waals surface area contributed by atoms with E-state index in [0.717, 1.165) is 24.9 Å². The van der Waals surface area contributed by atoms with E-state index in [0.29, 0.717) is 16.9 Å². The molecular formula is C21H27N3O3S. The second-order valence-corrected chi connectivity index (χ2v) is 9.05. The largest absolute Gasteiger partial charge is 0.372 e. The van der Waals surface area contributed by atoms with Crippen LogP contribution in [0.25, 0.3) is 0 Å². The van der Waals surface area contributed by atoms with Gasteiger partial charge < -0.3 is 10.2 Å². The summed E-state index contributed by atoms with van der Waals surface area (Å²) in [5.41, 5.74) is 3.44. The van der Waals surface area contributed by atoms with Crippen molar-refractivity contribution >= 4 is 33.0 Å². The first-order chi connectivity index (χ1) is 13.3. The molecule has 0 aromatic heterocycles. The van der Waals surface area contributed by atoms with Crippen molar-refractivity contribution in [3.05, 3.63) is 53.6 Å². The van der Waals surface area contributed by atoms with E-state index < -0.39 is 10.0 Å². The molecule has 7 heteroatoms. The highest BCUT2D eigenvalue weighted by atomic mass is 32.2. The number of benzene rings is 2. The molecule has 0 spiro atoms. The average molecular weight is 402 g/mol. The topological polar surface area (TPSA) is 78.5 Å². The zero-order valence-electron chi connectivity index (χ0n) is 16.4. The smallest absolute Gasteiger partial charge is 0.255 e. The number of nitrogens with one attached hydrogen (secondary N) is 2. The number of amides is 1. The number of carbonyl (C=O) groups excluding carboxylic acids is 1. The third-order valence-corrected chi connectivity index (χ3v) is 5.48. The fraction of sp³-hybridized carbons (Fsp3) is 0.381. The fourth-order valence-electron chi connectivity index (χ4n) is 3.36. The lowest BCUT2D eigenvalue weighted by molar-refractivity contribution is 0.102. The molecule has 2 aromatic carbocycles. The molecule has 0 radical (unpaired) electrons. The first-order valence-corrected chi connectivity index (χ1v) is 11.5. The fourth-order valence-corrected chi connectivity index (χ4v) is 3.98. The standard InChI is InChI=1S/C21H27N3O3S/c1-16-7-8-17(15-20(16)23-28(2,26)27)21(25)22-18-9-11-19(12-10-18)24-13-5-3-4-6-14-24/h7-12,15,23H,3-6,13-14H2,1-2H3,(H,22,25). The van der Waals surface area contributed by atoms with Crippen molar-refractivity contribution in [2.45, 2.75) is 32.6 Å². The highest BCUT2D eigenvalue weighted by molar-refractivity contribution is 7.92. The molecule has 6 nitrogen and oxygen atoms in total. The van der Waals surface area contributed by atoms with Crippen molar-refractivity contribution in [1.82, 2.24) is 0 Å². The predicted octanol–water partition coefficient (Wildman–Crippen LogP) is 4.00. The zero-order valence-corrected chi connectivity index (χ0v) is 17.2. The van der Waals surface area contributed by atoms with Gasteiger partial charge >= 0.3 is 0 Å². The van der Waals surface area contributed by atoms with Crippen LogP contribution < -0.4 is 14.9 Å². The summed E-state index contributed by atoms with van der Waals surface area (Å²) in [6, 6.07) is 12.8. The summed E-state index contributed by atoms with van der Waals surface area (Å²) < 4.78 is 25.4. The van der Waals surface area contributed by atoms with Gasteiger partial charge in [-0.2, -0.15) is 0 Å². The minimum atomic E-state index is -3.41. The van der Waals surface area contributed by atoms with Crippen LogP contribution in [0.3, 0.4) is 0 Å². The van der Waals surface area contributed by atoms with Gasteiger partial charge in [0.1, 0.15) is 0 Å². The molecule has 2 aromatic rings. The molecule has 0 unspecified atom stereocenters. The maximum absolute atomic E-state index is 12.6. The van der Waals surface area contributed by atoms with Gasteiger partial charge in [0, 0.05) is 30.0 Å². The van der Waals surface area contributed by atoms with E-state index in [-0.39, 0.29) is 5.91 Å².